The van der Waals surface area contributed by atoms with Gasteiger partial charge in [-0.2, -0.15) is 0 Å². The van der Waals surface area contributed by atoms with Gasteiger partial charge in [0.2, 0.25) is 0 Å². The number of phenols is 2. The summed E-state index contributed by atoms with van der Waals surface area (Å²) in [6, 6.07) is 13.7. The van der Waals surface area contributed by atoms with Crippen molar-refractivity contribution < 1.29 is 30.3 Å². The van der Waals surface area contributed by atoms with Crippen LogP contribution in [0.5, 0.6) is 11.5 Å². The van der Waals surface area contributed by atoms with E-state index in [1.54, 1.807) is 30.3 Å². The number of carbonyl (C=O) groups is 1. The van der Waals surface area contributed by atoms with Gasteiger partial charge in [-0.05, 0) is 47.0 Å². The van der Waals surface area contributed by atoms with Crippen molar-refractivity contribution in [1.82, 2.24) is 0 Å². The summed E-state index contributed by atoms with van der Waals surface area (Å²) in [5.74, 6) is -1.83. The Morgan fingerprint density at radius 2 is 1.41 bits per heavy atom. The van der Waals surface area contributed by atoms with Crippen LogP contribution in [0.1, 0.15) is 22.2 Å². The highest BCUT2D eigenvalue weighted by Gasteiger charge is 2.13. The van der Waals surface area contributed by atoms with Gasteiger partial charge in [-0.1, -0.05) is 24.3 Å². The van der Waals surface area contributed by atoms with Crippen molar-refractivity contribution in [3.05, 3.63) is 65.7 Å². The molecule has 0 fully saturated rings. The number of aliphatic hydroxyl groups excluding tert-OH is 1. The third-order valence-corrected chi connectivity index (χ3v) is 4.23. The van der Waals surface area contributed by atoms with Crippen molar-refractivity contribution in [3.63, 3.8) is 0 Å². The molecule has 0 atom stereocenters. The minimum absolute atomic E-state index is 0.00247. The van der Waals surface area contributed by atoms with E-state index in [2.05, 4.69) is 0 Å². The molecule has 0 aliphatic rings. The SMILES string of the molecule is Nc1cc(-c2ccc(C(O)O)c(O)c2)ccc1-c1ccc(C(=O)O)c(O)c1. The fourth-order valence-corrected chi connectivity index (χ4v) is 2.83. The molecule has 3 rings (SSSR count). The van der Waals surface area contributed by atoms with E-state index in [0.29, 0.717) is 27.9 Å². The number of nitrogen functional groups attached to an aromatic ring is 1. The van der Waals surface area contributed by atoms with Crippen molar-refractivity contribution in [2.24, 2.45) is 0 Å². The van der Waals surface area contributed by atoms with Crippen molar-refractivity contribution >= 4 is 11.7 Å². The number of aromatic hydroxyl groups is 2. The second-order valence-electron chi connectivity index (χ2n) is 5.99. The summed E-state index contributed by atoms with van der Waals surface area (Å²) in [5, 5.41) is 47.1. The second kappa shape index (κ2) is 6.99. The van der Waals surface area contributed by atoms with E-state index in [0.717, 1.165) is 0 Å². The zero-order valence-electron chi connectivity index (χ0n) is 14.0. The number of carboxylic acids is 1. The van der Waals surface area contributed by atoms with Crippen LogP contribution in [0.25, 0.3) is 22.3 Å². The number of phenolic OH excluding ortho intramolecular Hbond substituents is 1. The summed E-state index contributed by atoms with van der Waals surface area (Å²) in [6.07, 6.45) is -1.77. The lowest BCUT2D eigenvalue weighted by Crippen LogP contribution is -1.97. The number of aliphatic hydroxyl groups is 2. The van der Waals surface area contributed by atoms with Crippen molar-refractivity contribution in [1.29, 1.82) is 0 Å². The third kappa shape index (κ3) is 3.55. The van der Waals surface area contributed by atoms with Crippen LogP contribution in [-0.4, -0.2) is 31.5 Å². The molecular weight excluding hydrogens is 350 g/mol. The quantitative estimate of drug-likeness (QED) is 0.307. The first-order chi connectivity index (χ1) is 12.8. The molecule has 0 saturated heterocycles. The lowest BCUT2D eigenvalue weighted by atomic mass is 9.96. The average Bonchev–Trinajstić information content (AvgIpc) is 2.60. The van der Waals surface area contributed by atoms with E-state index in [1.165, 1.54) is 24.3 Å². The molecule has 27 heavy (non-hydrogen) atoms. The molecule has 0 unspecified atom stereocenters. The number of nitrogens with two attached hydrogens (primary N) is 1. The number of anilines is 1. The predicted molar refractivity (Wildman–Crippen MR) is 99.2 cm³/mol. The lowest BCUT2D eigenvalue weighted by molar-refractivity contribution is -0.0438. The van der Waals surface area contributed by atoms with Gasteiger partial charge in [0.05, 0.1) is 0 Å². The van der Waals surface area contributed by atoms with Crippen LogP contribution in [0, 0.1) is 0 Å². The van der Waals surface area contributed by atoms with Gasteiger partial charge >= 0.3 is 5.97 Å². The summed E-state index contributed by atoms with van der Waals surface area (Å²) in [5.41, 5.74) is 8.79. The summed E-state index contributed by atoms with van der Waals surface area (Å²) in [6.45, 7) is 0. The van der Waals surface area contributed by atoms with Crippen molar-refractivity contribution in [2.45, 2.75) is 6.29 Å². The van der Waals surface area contributed by atoms with Gasteiger partial charge in [0.1, 0.15) is 17.1 Å². The average molecular weight is 367 g/mol. The van der Waals surface area contributed by atoms with Gasteiger partial charge in [0, 0.05) is 16.8 Å². The molecule has 7 heteroatoms. The molecule has 138 valence electrons. The van der Waals surface area contributed by atoms with Crippen molar-refractivity contribution in [3.8, 4) is 33.8 Å². The van der Waals surface area contributed by atoms with Gasteiger partial charge in [-0.25, -0.2) is 4.79 Å². The molecule has 0 aliphatic heterocycles. The summed E-state index contributed by atoms with van der Waals surface area (Å²) >= 11 is 0. The molecule has 0 aliphatic carbocycles. The van der Waals surface area contributed by atoms with E-state index >= 15 is 0 Å². The maximum Gasteiger partial charge on any atom is 0.339 e. The Balaban J connectivity index is 1.98. The Labute approximate surface area is 154 Å². The largest absolute Gasteiger partial charge is 0.507 e. The van der Waals surface area contributed by atoms with Crippen LogP contribution in [0.3, 0.4) is 0 Å². The molecule has 0 spiro atoms. The number of carboxylic acid groups (broad SMARTS) is 1. The van der Waals surface area contributed by atoms with Gasteiger partial charge in [0.25, 0.3) is 0 Å². The summed E-state index contributed by atoms with van der Waals surface area (Å²) in [4.78, 5) is 11.0. The Morgan fingerprint density at radius 3 is 1.96 bits per heavy atom. The van der Waals surface area contributed by atoms with E-state index in [4.69, 9.17) is 21.1 Å². The highest BCUT2D eigenvalue weighted by atomic mass is 16.5. The molecule has 0 aromatic heterocycles. The van der Waals surface area contributed by atoms with E-state index < -0.39 is 12.3 Å². The molecule has 3 aromatic rings. The normalized spacial score (nSPS) is 10.9. The Kier molecular flexibility index (Phi) is 4.72. The van der Waals surface area contributed by atoms with Crippen molar-refractivity contribution in [2.75, 3.05) is 5.73 Å². The number of aromatic carboxylic acids is 1. The van der Waals surface area contributed by atoms with Crippen LogP contribution in [0.4, 0.5) is 5.69 Å². The number of hydrogen-bond donors (Lipinski definition) is 6. The van der Waals surface area contributed by atoms with Crippen LogP contribution in [-0.2, 0) is 0 Å². The number of benzene rings is 3. The van der Waals surface area contributed by atoms with Crippen LogP contribution < -0.4 is 5.73 Å². The van der Waals surface area contributed by atoms with Gasteiger partial charge in [-0.15, -0.1) is 0 Å². The minimum Gasteiger partial charge on any atom is -0.507 e. The topological polar surface area (TPSA) is 144 Å². The maximum absolute atomic E-state index is 11.0. The van der Waals surface area contributed by atoms with Gasteiger partial charge in [0.15, 0.2) is 6.29 Å². The van der Waals surface area contributed by atoms with Crippen LogP contribution >= 0.6 is 0 Å². The first kappa shape index (κ1) is 18.2. The minimum atomic E-state index is -1.77. The summed E-state index contributed by atoms with van der Waals surface area (Å²) in [7, 11) is 0. The molecule has 0 saturated carbocycles. The first-order valence-corrected chi connectivity index (χ1v) is 7.93. The number of hydrogen-bond acceptors (Lipinski definition) is 6. The zero-order valence-corrected chi connectivity index (χ0v) is 14.0. The summed E-state index contributed by atoms with van der Waals surface area (Å²) < 4.78 is 0. The fraction of sp³-hybridized carbons (Fsp3) is 0.0500. The zero-order chi connectivity index (χ0) is 19.7. The van der Waals surface area contributed by atoms with Crippen LogP contribution in [0.2, 0.25) is 0 Å². The lowest BCUT2D eigenvalue weighted by Gasteiger charge is -2.12. The molecule has 7 nitrogen and oxygen atoms in total. The van der Waals surface area contributed by atoms with E-state index in [-0.39, 0.29) is 22.6 Å². The Morgan fingerprint density at radius 1 is 0.815 bits per heavy atom. The Bertz CT molecular complexity index is 1030. The van der Waals surface area contributed by atoms with Crippen LogP contribution in [0.15, 0.2) is 54.6 Å². The van der Waals surface area contributed by atoms with E-state index in [1.807, 2.05) is 0 Å². The van der Waals surface area contributed by atoms with Gasteiger partial charge in [-0.3, -0.25) is 0 Å². The third-order valence-electron chi connectivity index (χ3n) is 4.23. The molecule has 0 radical (unpaired) electrons. The molecule has 0 heterocycles. The molecule has 3 aromatic carbocycles. The molecule has 0 bridgehead atoms. The highest BCUT2D eigenvalue weighted by molar-refractivity contribution is 5.92. The smallest absolute Gasteiger partial charge is 0.339 e. The molecule has 7 N–H and O–H groups in total. The Hall–Kier alpha value is -3.55. The standard InChI is InChI=1S/C20H17NO6/c21-16-7-10(11-2-5-14(19(24)25)17(22)8-11)1-4-13(16)12-3-6-15(20(26)27)18(23)9-12/h1-9,19,22-25H,21H2,(H,26,27). The fourth-order valence-electron chi connectivity index (χ4n) is 2.83. The maximum atomic E-state index is 11.0. The molecule has 0 amide bonds. The van der Waals surface area contributed by atoms with E-state index in [9.17, 15) is 15.0 Å². The molecular formula is C20H17NO6. The highest BCUT2D eigenvalue weighted by Crippen LogP contribution is 2.35. The van der Waals surface area contributed by atoms with Gasteiger partial charge < -0.3 is 31.3 Å². The monoisotopic (exact) mass is 367 g/mol. The predicted octanol–water partition coefficient (Wildman–Crippen LogP) is 2.70. The number of rotatable bonds is 4. The second-order valence-corrected chi connectivity index (χ2v) is 5.99. The first-order valence-electron chi connectivity index (χ1n) is 7.93.